The fourth-order valence-corrected chi connectivity index (χ4v) is 8.86. The normalized spacial score (nSPS) is 34.0. The zero-order valence-electron chi connectivity index (χ0n) is 22.7. The molecule has 6 heterocycles. The van der Waals surface area contributed by atoms with Crippen LogP contribution in [-0.4, -0.2) is 109 Å². The number of Topliss-reactive ketones (excluding diaryl/α,β-unsaturated/α-hetero) is 1. The van der Waals surface area contributed by atoms with Gasteiger partial charge in [-0.15, -0.1) is 16.9 Å². The molecule has 0 aliphatic carbocycles. The van der Waals surface area contributed by atoms with Gasteiger partial charge in [-0.2, -0.15) is 0 Å². The number of tetrazole rings is 1. The summed E-state index contributed by atoms with van der Waals surface area (Å²) in [6, 6.07) is -0.556. The highest BCUT2D eigenvalue weighted by Gasteiger charge is 2.60. The first-order valence-corrected chi connectivity index (χ1v) is 15.0. The van der Waals surface area contributed by atoms with Gasteiger partial charge in [-0.1, -0.05) is 13.8 Å². The van der Waals surface area contributed by atoms with Crippen LogP contribution < -0.4 is 10.6 Å². The molecule has 2 unspecified atom stereocenters. The van der Waals surface area contributed by atoms with E-state index in [1.54, 1.807) is 0 Å². The Morgan fingerprint density at radius 1 is 1.23 bits per heavy atom. The van der Waals surface area contributed by atoms with Crippen molar-refractivity contribution >= 4 is 35.3 Å². The van der Waals surface area contributed by atoms with Crippen molar-refractivity contribution in [3.05, 3.63) is 16.9 Å². The van der Waals surface area contributed by atoms with Crippen molar-refractivity contribution in [2.45, 2.75) is 57.0 Å². The van der Waals surface area contributed by atoms with E-state index in [0.29, 0.717) is 29.7 Å². The third-order valence-corrected chi connectivity index (χ3v) is 10.9. The highest BCUT2D eigenvalue weighted by atomic mass is 32.2. The molecule has 4 fully saturated rings. The number of likely N-dealkylation sites (tertiary alicyclic amines) is 1. The number of amides is 2. The van der Waals surface area contributed by atoms with Gasteiger partial charge in [-0.25, -0.2) is 9.48 Å². The van der Waals surface area contributed by atoms with Crippen LogP contribution in [0.4, 0.5) is 0 Å². The fraction of sp³-hybridized carbons (Fsp3) is 0.731. The van der Waals surface area contributed by atoms with E-state index in [-0.39, 0.29) is 65.4 Å². The highest BCUT2D eigenvalue weighted by Crippen LogP contribution is 2.53. The summed E-state index contributed by atoms with van der Waals surface area (Å²) in [7, 11) is 0. The molecular weight excluding hydrogens is 536 g/mol. The minimum Gasteiger partial charge on any atom is -0.477 e. The van der Waals surface area contributed by atoms with Crippen molar-refractivity contribution in [1.82, 2.24) is 40.6 Å². The van der Waals surface area contributed by atoms with E-state index in [9.17, 15) is 24.3 Å². The van der Waals surface area contributed by atoms with Gasteiger partial charge in [-0.05, 0) is 54.1 Å². The first-order chi connectivity index (χ1) is 19.2. The minimum absolute atomic E-state index is 0.0338. The predicted octanol–water partition coefficient (Wildman–Crippen LogP) is -0.427. The zero-order valence-corrected chi connectivity index (χ0v) is 23.5. The largest absolute Gasteiger partial charge is 0.477 e. The van der Waals surface area contributed by atoms with Gasteiger partial charge >= 0.3 is 5.97 Å². The average molecular weight is 573 g/mol. The van der Waals surface area contributed by atoms with Crippen molar-refractivity contribution in [1.29, 1.82) is 0 Å². The van der Waals surface area contributed by atoms with Crippen LogP contribution in [0, 0.1) is 29.6 Å². The monoisotopic (exact) mass is 572 g/mol. The van der Waals surface area contributed by atoms with Crippen molar-refractivity contribution in [2.75, 3.05) is 32.7 Å². The number of carbonyl (C=O) groups is 4. The number of nitrogens with one attached hydrogen (secondary N) is 2. The van der Waals surface area contributed by atoms with Crippen LogP contribution in [0.3, 0.4) is 0 Å². The topological polar surface area (TPSA) is 163 Å². The van der Waals surface area contributed by atoms with E-state index in [1.807, 2.05) is 18.7 Å². The number of aliphatic carboxylic acids is 1. The smallest absolute Gasteiger partial charge is 0.353 e. The molecule has 0 saturated carbocycles. The van der Waals surface area contributed by atoms with Crippen molar-refractivity contribution < 1.29 is 24.3 Å². The molecule has 0 spiro atoms. The summed E-state index contributed by atoms with van der Waals surface area (Å²) in [5.74, 6) is -1.03. The molecule has 1 aromatic heterocycles. The fourth-order valence-electron chi connectivity index (χ4n) is 7.38. The van der Waals surface area contributed by atoms with Crippen molar-refractivity contribution in [2.24, 2.45) is 29.6 Å². The Labute approximate surface area is 236 Å². The van der Waals surface area contributed by atoms with Crippen LogP contribution in [0.5, 0.6) is 0 Å². The Morgan fingerprint density at radius 3 is 2.75 bits per heavy atom. The van der Waals surface area contributed by atoms with E-state index in [4.69, 9.17) is 0 Å². The zero-order chi connectivity index (χ0) is 28.1. The van der Waals surface area contributed by atoms with Gasteiger partial charge in [0.1, 0.15) is 18.6 Å². The molecule has 3 N–H and O–H groups in total. The quantitative estimate of drug-likeness (QED) is 0.329. The van der Waals surface area contributed by atoms with E-state index < -0.39 is 11.9 Å². The molecule has 14 heteroatoms. The van der Waals surface area contributed by atoms with E-state index >= 15 is 0 Å². The predicted molar refractivity (Wildman–Crippen MR) is 143 cm³/mol. The standard InChI is InChI=1S/C26H36N8O5S/c1-13(5-17(35)11-33-12-29-30-31-33)20-21-14(2)23(22(26(38)39)34(21)25(20)37)40-18-6-19(28-8-18)24(36)32-9-15-3-4-27-7-16(15)10-32/h12-16,18-21,27-28H,3-11H2,1-2H3,(H,38,39)/t13-,14+,15?,16?,18-,19-,20+,21+/m0/s1. The van der Waals surface area contributed by atoms with Gasteiger partial charge in [0.25, 0.3) is 0 Å². The van der Waals surface area contributed by atoms with Crippen molar-refractivity contribution in [3.8, 4) is 0 Å². The van der Waals surface area contributed by atoms with Gasteiger partial charge in [0.2, 0.25) is 11.8 Å². The number of nitrogens with zero attached hydrogens (tertiary/aromatic N) is 6. The lowest BCUT2D eigenvalue weighted by atomic mass is 9.73. The summed E-state index contributed by atoms with van der Waals surface area (Å²) < 4.78 is 1.35. The van der Waals surface area contributed by atoms with Crippen molar-refractivity contribution in [3.63, 3.8) is 0 Å². The van der Waals surface area contributed by atoms with Gasteiger partial charge in [-0.3, -0.25) is 14.4 Å². The Bertz CT molecular complexity index is 1210. The first-order valence-electron chi connectivity index (χ1n) is 14.2. The number of ketones is 1. The molecule has 0 aromatic carbocycles. The number of carbonyl (C=O) groups excluding carboxylic acids is 3. The minimum atomic E-state index is -1.11. The van der Waals surface area contributed by atoms with E-state index in [2.05, 4.69) is 26.2 Å². The summed E-state index contributed by atoms with van der Waals surface area (Å²) in [5, 5.41) is 27.7. The highest BCUT2D eigenvalue weighted by molar-refractivity contribution is 8.03. The third-order valence-electron chi connectivity index (χ3n) is 9.35. The summed E-state index contributed by atoms with van der Waals surface area (Å²) in [5.41, 5.74) is 0.0573. The molecular formula is C26H36N8O5S. The number of aromatic nitrogens is 4. The van der Waals surface area contributed by atoms with Gasteiger partial charge < -0.3 is 25.5 Å². The van der Waals surface area contributed by atoms with Gasteiger partial charge in [0.15, 0.2) is 5.78 Å². The molecule has 8 atom stereocenters. The summed E-state index contributed by atoms with van der Waals surface area (Å²) >= 11 is 1.49. The van der Waals surface area contributed by atoms with E-state index in [0.717, 1.165) is 32.6 Å². The number of fused-ring (bicyclic) bond motifs is 2. The van der Waals surface area contributed by atoms with Gasteiger partial charge in [0, 0.05) is 42.1 Å². The number of carboxylic acid groups (broad SMARTS) is 1. The van der Waals surface area contributed by atoms with Gasteiger partial charge in [0.05, 0.1) is 18.0 Å². The molecule has 4 saturated heterocycles. The molecule has 13 nitrogen and oxygen atoms in total. The van der Waals surface area contributed by atoms with Crippen LogP contribution in [-0.2, 0) is 25.7 Å². The number of hydrogen-bond acceptors (Lipinski definition) is 10. The Balaban J connectivity index is 1.08. The second-order valence-corrected chi connectivity index (χ2v) is 13.3. The molecule has 216 valence electrons. The Kier molecular flexibility index (Phi) is 7.42. The maximum Gasteiger partial charge on any atom is 0.353 e. The Hall–Kier alpha value is -2.84. The van der Waals surface area contributed by atoms with Crippen LogP contribution in [0.1, 0.15) is 33.1 Å². The maximum absolute atomic E-state index is 13.3. The molecule has 5 aliphatic rings. The average Bonchev–Trinajstić information content (AvgIpc) is 3.71. The van der Waals surface area contributed by atoms with Crippen LogP contribution in [0.15, 0.2) is 16.9 Å². The number of carboxylic acids is 1. The molecule has 40 heavy (non-hydrogen) atoms. The van der Waals surface area contributed by atoms with Crippen LogP contribution in [0.2, 0.25) is 0 Å². The molecule has 6 rings (SSSR count). The molecule has 1 aromatic rings. The number of β-lactam (4-membered cyclic amide) rings is 1. The lowest BCUT2D eigenvalue weighted by Crippen LogP contribution is -2.62. The molecule has 0 radical (unpaired) electrons. The van der Waals surface area contributed by atoms with Crippen LogP contribution >= 0.6 is 11.8 Å². The molecule has 2 amide bonds. The lowest BCUT2D eigenvalue weighted by Gasteiger charge is -2.47. The maximum atomic E-state index is 13.3. The van der Waals surface area contributed by atoms with E-state index in [1.165, 1.54) is 27.7 Å². The third kappa shape index (κ3) is 4.83. The summed E-state index contributed by atoms with van der Waals surface area (Å²) in [6.45, 7) is 8.09. The summed E-state index contributed by atoms with van der Waals surface area (Å²) in [6.07, 6.45) is 3.29. The molecule has 5 aliphatic heterocycles. The number of piperidine rings is 1. The number of thioether (sulfide) groups is 1. The molecule has 0 bridgehead atoms. The Morgan fingerprint density at radius 2 is 2.02 bits per heavy atom. The second-order valence-electron chi connectivity index (χ2n) is 12.0. The summed E-state index contributed by atoms with van der Waals surface area (Å²) in [4.78, 5) is 55.6. The lowest BCUT2D eigenvalue weighted by molar-refractivity contribution is -0.160. The number of hydrogen-bond donors (Lipinski definition) is 3. The van der Waals surface area contributed by atoms with Crippen LogP contribution in [0.25, 0.3) is 0 Å². The first kappa shape index (κ1) is 27.3. The number of rotatable bonds is 9. The SMILES string of the molecule is C[C@@H](CC(=O)Cn1cnnn1)[C@H]1C(=O)N2C(C(=O)O)=C(S[C@@H]3CN[C@H](C(=O)N4CC5CCNCC5C4)C3)[C@H](C)[C@H]12. The second kappa shape index (κ2) is 10.9.